The predicted octanol–water partition coefficient (Wildman–Crippen LogP) is 3.26. The molecule has 4 heterocycles. The third kappa shape index (κ3) is 3.63. The summed E-state index contributed by atoms with van der Waals surface area (Å²) in [5, 5.41) is 8.81. The number of nitrogens with two attached hydrogens (primary N) is 1. The number of ketones is 1. The first kappa shape index (κ1) is 21.4. The molecule has 1 saturated carbocycles. The number of nitrogens with zero attached hydrogens (tertiary/aromatic N) is 5. The van der Waals surface area contributed by atoms with Crippen molar-refractivity contribution in [3.05, 3.63) is 47.5 Å². The molecule has 4 aromatic rings. The first-order valence-electron chi connectivity index (χ1n) is 11.0. The minimum absolute atomic E-state index is 0. The number of pyridine rings is 1. The van der Waals surface area contributed by atoms with Crippen LogP contribution in [0.15, 0.2) is 30.7 Å². The first-order chi connectivity index (χ1) is 15.6. The highest BCUT2D eigenvalue weighted by molar-refractivity contribution is 6.09. The van der Waals surface area contributed by atoms with Crippen LogP contribution in [0.3, 0.4) is 0 Å². The maximum Gasteiger partial charge on any atom is 0.163 e. The third-order valence-corrected chi connectivity index (χ3v) is 6.35. The number of fused-ring (bicyclic) bond motifs is 2. The predicted molar refractivity (Wildman–Crippen MR) is 130 cm³/mol. The molecule has 8 nitrogen and oxygen atoms in total. The number of rotatable bonds is 3. The minimum Gasteiger partial charge on any atom is -0.383 e. The summed E-state index contributed by atoms with van der Waals surface area (Å²) in [4.78, 5) is 21.1. The largest absolute Gasteiger partial charge is 0.383 e. The Morgan fingerprint density at radius 1 is 1.18 bits per heavy atom. The molecule has 3 N–H and O–H groups in total. The van der Waals surface area contributed by atoms with Crippen LogP contribution in [0.1, 0.15) is 59.9 Å². The molecule has 3 aromatic heterocycles. The van der Waals surface area contributed by atoms with Gasteiger partial charge in [0.15, 0.2) is 5.78 Å². The fourth-order valence-corrected chi connectivity index (χ4v) is 4.54. The molecule has 1 atom stereocenters. The van der Waals surface area contributed by atoms with Crippen molar-refractivity contribution in [1.82, 2.24) is 29.6 Å². The van der Waals surface area contributed by atoms with E-state index in [9.17, 15) is 4.79 Å². The smallest absolute Gasteiger partial charge is 0.163 e. The summed E-state index contributed by atoms with van der Waals surface area (Å²) in [7, 11) is 0. The van der Waals surface area contributed by atoms with Gasteiger partial charge in [-0.05, 0) is 56.9 Å². The molecule has 0 amide bonds. The van der Waals surface area contributed by atoms with Crippen LogP contribution in [0.4, 0.5) is 5.82 Å². The maximum atomic E-state index is 12.3. The zero-order valence-corrected chi connectivity index (χ0v) is 19.0. The lowest BCUT2D eigenvalue weighted by atomic mass is 10.1. The molecule has 0 radical (unpaired) electrons. The number of nitrogens with one attached hydrogen (secondary N) is 1. The summed E-state index contributed by atoms with van der Waals surface area (Å²) in [6, 6.07) is 6.83. The number of hydrogen-bond acceptors (Lipinski definition) is 6. The molecule has 2 fully saturated rings. The molecule has 0 spiro atoms. The van der Waals surface area contributed by atoms with Crippen LogP contribution in [-0.4, -0.2) is 43.2 Å². The number of benzene rings is 1. The quantitative estimate of drug-likeness (QED) is 0.358. The van der Waals surface area contributed by atoms with Crippen molar-refractivity contribution in [2.75, 3.05) is 18.8 Å². The normalized spacial score (nSPS) is 17.7. The number of imidazole rings is 1. The molecule has 1 aliphatic carbocycles. The summed E-state index contributed by atoms with van der Waals surface area (Å²) in [5.41, 5.74) is 11.0. The average Bonchev–Trinajstić information content (AvgIpc) is 3.18. The van der Waals surface area contributed by atoms with Gasteiger partial charge in [-0.2, -0.15) is 5.10 Å². The molecule has 9 heteroatoms. The van der Waals surface area contributed by atoms with E-state index in [4.69, 9.17) is 10.8 Å². The highest BCUT2D eigenvalue weighted by Gasteiger charge is 2.26. The summed E-state index contributed by atoms with van der Waals surface area (Å²) < 4.78 is 4.15. The molecular formula is C24H24ClN7O. The number of Topliss-reactive ketones (excluding diaryl/α,β-unsaturated/α-hetero) is 1. The van der Waals surface area contributed by atoms with Gasteiger partial charge < -0.3 is 15.6 Å². The molecule has 1 aliphatic heterocycles. The van der Waals surface area contributed by atoms with Crippen molar-refractivity contribution >= 4 is 45.9 Å². The first-order valence-corrected chi connectivity index (χ1v) is 11.0. The van der Waals surface area contributed by atoms with Crippen LogP contribution in [0.2, 0.25) is 0 Å². The van der Waals surface area contributed by atoms with Crippen molar-refractivity contribution in [3.63, 3.8) is 0 Å². The summed E-state index contributed by atoms with van der Waals surface area (Å²) in [6.45, 7) is 3.25. The molecule has 1 saturated heterocycles. The molecule has 168 valence electrons. The number of carbonyl (C=O) groups excluding carboxylic acids is 1. The second kappa shape index (κ2) is 8.18. The SMILES string of the molecule is CC(=O)c1cnc(N)c2c(C#Cc3ccc4c(c3)ncn4C3CC3)nn(C3CCNC3)c12.Cl. The van der Waals surface area contributed by atoms with E-state index in [1.807, 2.05) is 23.1 Å². The molecule has 6 rings (SSSR count). The van der Waals surface area contributed by atoms with Crippen molar-refractivity contribution in [3.8, 4) is 11.8 Å². The molecule has 1 unspecified atom stereocenters. The van der Waals surface area contributed by atoms with E-state index in [0.717, 1.165) is 41.6 Å². The van der Waals surface area contributed by atoms with Crippen molar-refractivity contribution in [2.24, 2.45) is 0 Å². The van der Waals surface area contributed by atoms with Crippen LogP contribution in [0.5, 0.6) is 0 Å². The molecule has 1 aromatic carbocycles. The van der Waals surface area contributed by atoms with Gasteiger partial charge in [-0.1, -0.05) is 5.92 Å². The van der Waals surface area contributed by atoms with Crippen LogP contribution >= 0.6 is 12.4 Å². The Kier molecular flexibility index (Phi) is 5.31. The Balaban J connectivity index is 0.00000228. The van der Waals surface area contributed by atoms with Gasteiger partial charge in [0.1, 0.15) is 11.5 Å². The third-order valence-electron chi connectivity index (χ3n) is 6.35. The summed E-state index contributed by atoms with van der Waals surface area (Å²) in [5.74, 6) is 6.69. The fraction of sp³-hybridized carbons (Fsp3) is 0.333. The lowest BCUT2D eigenvalue weighted by Gasteiger charge is -2.12. The molecular weight excluding hydrogens is 438 g/mol. The van der Waals surface area contributed by atoms with Crippen LogP contribution < -0.4 is 11.1 Å². The fourth-order valence-electron chi connectivity index (χ4n) is 4.54. The number of carbonyl (C=O) groups is 1. The Morgan fingerprint density at radius 3 is 2.76 bits per heavy atom. The monoisotopic (exact) mass is 461 g/mol. The molecule has 2 aliphatic rings. The number of nitrogen functional groups attached to an aromatic ring is 1. The van der Waals surface area contributed by atoms with Gasteiger partial charge in [0.2, 0.25) is 0 Å². The van der Waals surface area contributed by atoms with E-state index in [0.29, 0.717) is 28.5 Å². The van der Waals surface area contributed by atoms with E-state index in [1.165, 1.54) is 19.8 Å². The highest BCUT2D eigenvalue weighted by Crippen LogP contribution is 2.37. The van der Waals surface area contributed by atoms with E-state index >= 15 is 0 Å². The zero-order chi connectivity index (χ0) is 21.8. The maximum absolute atomic E-state index is 12.3. The van der Waals surface area contributed by atoms with Gasteiger partial charge in [-0.15, -0.1) is 12.4 Å². The number of hydrogen-bond donors (Lipinski definition) is 2. The minimum atomic E-state index is -0.0641. The second-order valence-corrected chi connectivity index (χ2v) is 8.61. The van der Waals surface area contributed by atoms with Gasteiger partial charge in [0.05, 0.1) is 39.9 Å². The summed E-state index contributed by atoms with van der Waals surface area (Å²) in [6.07, 6.45) is 6.83. The lowest BCUT2D eigenvalue weighted by molar-refractivity contribution is 0.101. The van der Waals surface area contributed by atoms with E-state index in [-0.39, 0.29) is 24.2 Å². The van der Waals surface area contributed by atoms with E-state index in [1.54, 1.807) is 6.20 Å². The van der Waals surface area contributed by atoms with Gasteiger partial charge >= 0.3 is 0 Å². The van der Waals surface area contributed by atoms with Crippen molar-refractivity contribution in [2.45, 2.75) is 38.3 Å². The topological polar surface area (TPSA) is 104 Å². The van der Waals surface area contributed by atoms with Crippen LogP contribution in [-0.2, 0) is 0 Å². The molecule has 0 bridgehead atoms. The Morgan fingerprint density at radius 2 is 2.03 bits per heavy atom. The summed E-state index contributed by atoms with van der Waals surface area (Å²) >= 11 is 0. The van der Waals surface area contributed by atoms with Crippen molar-refractivity contribution < 1.29 is 4.79 Å². The Hall–Kier alpha value is -3.41. The second-order valence-electron chi connectivity index (χ2n) is 8.61. The highest BCUT2D eigenvalue weighted by atomic mass is 35.5. The standard InChI is InChI=1S/C24H23N7O.ClH/c1-14(32)18-12-27-24(25)22-19(29-31(23(18)22)17-8-9-26-11-17)6-2-15-3-7-21-20(10-15)28-13-30(21)16-4-5-16;/h3,7,10,12-13,16-17,26H,4-5,8-9,11H2,1H3,(H2,25,27);1H. The van der Waals surface area contributed by atoms with Crippen molar-refractivity contribution in [1.29, 1.82) is 0 Å². The number of aromatic nitrogens is 5. The lowest BCUT2D eigenvalue weighted by Crippen LogP contribution is -2.15. The van der Waals surface area contributed by atoms with Gasteiger partial charge in [-0.25, -0.2) is 9.97 Å². The van der Waals surface area contributed by atoms with E-state index < -0.39 is 0 Å². The van der Waals surface area contributed by atoms with Gasteiger partial charge in [-0.3, -0.25) is 9.48 Å². The molecule has 33 heavy (non-hydrogen) atoms. The number of anilines is 1. The van der Waals surface area contributed by atoms with Gasteiger partial charge in [0.25, 0.3) is 0 Å². The van der Waals surface area contributed by atoms with Gasteiger partial charge in [0, 0.05) is 24.3 Å². The average molecular weight is 462 g/mol. The Labute approximate surface area is 197 Å². The number of halogens is 1. The Bertz CT molecular complexity index is 1450. The van der Waals surface area contributed by atoms with Crippen LogP contribution in [0, 0.1) is 11.8 Å². The van der Waals surface area contributed by atoms with E-state index in [2.05, 4.69) is 37.8 Å². The zero-order valence-electron chi connectivity index (χ0n) is 18.2. The van der Waals surface area contributed by atoms with Crippen LogP contribution in [0.25, 0.3) is 21.9 Å².